The summed E-state index contributed by atoms with van der Waals surface area (Å²) in [4.78, 5) is 0. The molecule has 0 saturated heterocycles. The Morgan fingerprint density at radius 2 is 0.750 bits per heavy atom. The molecule has 2 unspecified atom stereocenters. The van der Waals surface area contributed by atoms with E-state index in [1.54, 1.807) is 21.6 Å². The van der Waals surface area contributed by atoms with Crippen molar-refractivity contribution in [2.45, 2.75) is 78.4 Å². The third-order valence-corrected chi connectivity index (χ3v) is 12.9. The number of hydrogen-bond acceptors (Lipinski definition) is 10. The molecule has 0 radical (unpaired) electrons. The van der Waals surface area contributed by atoms with Crippen LogP contribution >= 0.6 is 21.6 Å². The Hall–Kier alpha value is 0.814. The second kappa shape index (κ2) is 20.1. The van der Waals surface area contributed by atoms with Crippen molar-refractivity contribution in [1.82, 2.24) is 0 Å². The molecule has 32 heavy (non-hydrogen) atoms. The Labute approximate surface area is 206 Å². The van der Waals surface area contributed by atoms with Crippen molar-refractivity contribution in [3.8, 4) is 0 Å². The Kier molecular flexibility index (Phi) is 20.6. The molecule has 0 aliphatic rings. The molecule has 0 aliphatic heterocycles. The quantitative estimate of drug-likeness (QED) is 0.0993. The summed E-state index contributed by atoms with van der Waals surface area (Å²) in [5, 5.41) is 0. The highest BCUT2D eigenvalue weighted by molar-refractivity contribution is 8.77. The topological polar surface area (TPSA) is 73.8 Å². The van der Waals surface area contributed by atoms with Crippen molar-refractivity contribution in [3.05, 3.63) is 0 Å². The maximum absolute atomic E-state index is 5.97. The minimum Gasteiger partial charge on any atom is -0.374 e. The Bertz CT molecular complexity index is 368. The smallest absolute Gasteiger partial charge is 0.374 e. The van der Waals surface area contributed by atoms with E-state index >= 15 is 0 Å². The van der Waals surface area contributed by atoms with Crippen molar-refractivity contribution >= 4 is 39.2 Å². The average Bonchev–Trinajstić information content (AvgIpc) is 2.73. The molecule has 0 aromatic carbocycles. The lowest BCUT2D eigenvalue weighted by atomic mass is 10.8. The van der Waals surface area contributed by atoms with Crippen LogP contribution in [0.5, 0.6) is 0 Å². The SMILES string of the molecule is CCO[Si](CCOC(C)SSC(C)OCC[Si](OCC)(OCC)OCC)(OCC)OCC. The number of hydrogen-bond donors (Lipinski definition) is 0. The standard InChI is InChI=1S/C20H46O8S2Si2/c1-9-23-31(24-10-2,25-11-3)17-15-21-19(7)29-30-20(8)22-16-18-32(26-12-4,27-13-5)28-14-6/h19-20H,9-18H2,1-8H3. The third-order valence-electron chi connectivity index (χ3n) is 4.03. The molecule has 12 heteroatoms. The van der Waals surface area contributed by atoms with E-state index in [0.29, 0.717) is 64.9 Å². The first kappa shape index (κ1) is 32.8. The van der Waals surface area contributed by atoms with Crippen molar-refractivity contribution in [3.63, 3.8) is 0 Å². The summed E-state index contributed by atoms with van der Waals surface area (Å²) < 4.78 is 47.2. The van der Waals surface area contributed by atoms with Crippen LogP contribution in [0.15, 0.2) is 0 Å². The second-order valence-corrected chi connectivity index (χ2v) is 14.9. The lowest BCUT2D eigenvalue weighted by Gasteiger charge is -2.29. The molecule has 0 fully saturated rings. The lowest BCUT2D eigenvalue weighted by molar-refractivity contribution is 0.0549. The monoisotopic (exact) mass is 534 g/mol. The maximum atomic E-state index is 5.97. The van der Waals surface area contributed by atoms with Gasteiger partial charge in [0.15, 0.2) is 0 Å². The highest BCUT2D eigenvalue weighted by atomic mass is 33.1. The van der Waals surface area contributed by atoms with Gasteiger partial charge >= 0.3 is 17.6 Å². The van der Waals surface area contributed by atoms with Gasteiger partial charge in [0.05, 0.1) is 13.2 Å². The van der Waals surface area contributed by atoms with Crippen LogP contribution in [0.4, 0.5) is 0 Å². The van der Waals surface area contributed by atoms with Crippen LogP contribution in [0.3, 0.4) is 0 Å². The first-order valence-corrected chi connectivity index (χ1v) is 17.9. The fraction of sp³-hybridized carbons (Fsp3) is 1.00. The minimum atomic E-state index is -2.66. The van der Waals surface area contributed by atoms with Gasteiger partial charge in [-0.05, 0) is 55.4 Å². The Morgan fingerprint density at radius 3 is 0.969 bits per heavy atom. The molecule has 0 rings (SSSR count). The minimum absolute atomic E-state index is 0.00590. The van der Waals surface area contributed by atoms with Gasteiger partial charge in [0.25, 0.3) is 0 Å². The average molecular weight is 535 g/mol. The van der Waals surface area contributed by atoms with Gasteiger partial charge in [-0.3, -0.25) is 0 Å². The van der Waals surface area contributed by atoms with Gasteiger partial charge in [0.1, 0.15) is 10.9 Å². The van der Waals surface area contributed by atoms with Crippen LogP contribution in [0.2, 0.25) is 12.1 Å². The predicted molar refractivity (Wildman–Crippen MR) is 137 cm³/mol. The molecule has 0 aromatic rings. The molecule has 0 spiro atoms. The highest BCUT2D eigenvalue weighted by Gasteiger charge is 2.41. The molecule has 0 amide bonds. The van der Waals surface area contributed by atoms with Gasteiger partial charge in [-0.25, -0.2) is 0 Å². The van der Waals surface area contributed by atoms with Crippen molar-refractivity contribution in [2.75, 3.05) is 52.9 Å². The Balaban J connectivity index is 4.35. The van der Waals surface area contributed by atoms with E-state index in [2.05, 4.69) is 0 Å². The number of rotatable bonds is 23. The molecular formula is C20H46O8S2Si2. The van der Waals surface area contributed by atoms with Gasteiger partial charge < -0.3 is 36.0 Å². The van der Waals surface area contributed by atoms with E-state index in [4.69, 9.17) is 36.0 Å². The third kappa shape index (κ3) is 14.3. The van der Waals surface area contributed by atoms with Gasteiger partial charge in [-0.1, -0.05) is 21.6 Å². The van der Waals surface area contributed by atoms with Gasteiger partial charge in [-0.15, -0.1) is 0 Å². The van der Waals surface area contributed by atoms with E-state index in [9.17, 15) is 0 Å². The summed E-state index contributed by atoms with van der Waals surface area (Å²) in [5.41, 5.74) is 0.0118. The summed E-state index contributed by atoms with van der Waals surface area (Å²) in [5.74, 6) is 0. The zero-order valence-corrected chi connectivity index (χ0v) is 24.9. The van der Waals surface area contributed by atoms with Crippen molar-refractivity contribution in [2.24, 2.45) is 0 Å². The molecule has 0 N–H and O–H groups in total. The fourth-order valence-electron chi connectivity index (χ4n) is 2.91. The summed E-state index contributed by atoms with van der Waals surface area (Å²) in [6, 6.07) is 1.28. The van der Waals surface area contributed by atoms with Crippen molar-refractivity contribution < 1.29 is 36.0 Å². The van der Waals surface area contributed by atoms with E-state index in [-0.39, 0.29) is 10.9 Å². The fourth-order valence-corrected chi connectivity index (χ4v) is 9.54. The first-order chi connectivity index (χ1) is 15.4. The van der Waals surface area contributed by atoms with Crippen LogP contribution in [-0.2, 0) is 36.0 Å². The molecule has 0 heterocycles. The van der Waals surface area contributed by atoms with Gasteiger partial charge in [-0.2, -0.15) is 0 Å². The van der Waals surface area contributed by atoms with E-state index in [0.717, 1.165) is 0 Å². The van der Waals surface area contributed by atoms with Crippen molar-refractivity contribution in [1.29, 1.82) is 0 Å². The highest BCUT2D eigenvalue weighted by Crippen LogP contribution is 2.33. The zero-order chi connectivity index (χ0) is 24.3. The Morgan fingerprint density at radius 1 is 0.500 bits per heavy atom. The van der Waals surface area contributed by atoms with Crippen LogP contribution in [0.25, 0.3) is 0 Å². The molecule has 0 aromatic heterocycles. The van der Waals surface area contributed by atoms with Gasteiger partial charge in [0, 0.05) is 51.7 Å². The molecule has 0 bridgehead atoms. The second-order valence-electron chi connectivity index (χ2n) is 6.53. The molecule has 0 aliphatic carbocycles. The molecule has 2 atom stereocenters. The summed E-state index contributed by atoms with van der Waals surface area (Å²) in [6.07, 6.45) is 0. The number of ether oxygens (including phenoxy) is 2. The largest absolute Gasteiger partial charge is 0.503 e. The molecule has 8 nitrogen and oxygen atoms in total. The maximum Gasteiger partial charge on any atom is 0.503 e. The summed E-state index contributed by atoms with van der Waals surface area (Å²) in [6.45, 7) is 20.3. The summed E-state index contributed by atoms with van der Waals surface area (Å²) in [7, 11) is -2.03. The molecular weight excluding hydrogens is 489 g/mol. The molecule has 194 valence electrons. The van der Waals surface area contributed by atoms with Crippen LogP contribution < -0.4 is 0 Å². The first-order valence-electron chi connectivity index (χ1n) is 11.7. The lowest BCUT2D eigenvalue weighted by Crippen LogP contribution is -2.47. The summed E-state index contributed by atoms with van der Waals surface area (Å²) >= 11 is 0. The predicted octanol–water partition coefficient (Wildman–Crippen LogP) is 5.19. The van der Waals surface area contributed by atoms with E-state index in [1.165, 1.54) is 0 Å². The van der Waals surface area contributed by atoms with E-state index in [1.807, 2.05) is 55.4 Å². The van der Waals surface area contributed by atoms with Crippen LogP contribution in [0.1, 0.15) is 55.4 Å². The van der Waals surface area contributed by atoms with E-state index < -0.39 is 17.6 Å². The van der Waals surface area contributed by atoms with Crippen LogP contribution in [-0.4, -0.2) is 81.3 Å². The van der Waals surface area contributed by atoms with Crippen LogP contribution in [0, 0.1) is 0 Å². The van der Waals surface area contributed by atoms with Gasteiger partial charge in [0.2, 0.25) is 0 Å². The normalized spacial score (nSPS) is 14.6. The zero-order valence-electron chi connectivity index (χ0n) is 21.3. The molecule has 0 saturated carbocycles.